The van der Waals surface area contributed by atoms with Crippen LogP contribution in [0.3, 0.4) is 0 Å². The molecule has 2 nitrogen and oxygen atoms in total. The first kappa shape index (κ1) is 12.1. The molecule has 0 spiro atoms. The van der Waals surface area contributed by atoms with Gasteiger partial charge in [-0.3, -0.25) is 0 Å². The molecule has 0 bridgehead atoms. The van der Waals surface area contributed by atoms with Crippen LogP contribution in [0.5, 0.6) is 0 Å². The van der Waals surface area contributed by atoms with Crippen molar-refractivity contribution in [3.8, 4) is 0 Å². The smallest absolute Gasteiger partial charge is 0.0222 e. The van der Waals surface area contributed by atoms with Crippen molar-refractivity contribution in [2.75, 3.05) is 0 Å². The van der Waals surface area contributed by atoms with Gasteiger partial charge < -0.3 is 11.1 Å². The summed E-state index contributed by atoms with van der Waals surface area (Å²) in [5.41, 5.74) is 7.42. The summed E-state index contributed by atoms with van der Waals surface area (Å²) in [5, 5.41) is 3.57. The van der Waals surface area contributed by atoms with E-state index in [-0.39, 0.29) is 0 Å². The molecule has 1 saturated carbocycles. The van der Waals surface area contributed by atoms with Gasteiger partial charge >= 0.3 is 0 Å². The van der Waals surface area contributed by atoms with E-state index in [0.29, 0.717) is 12.1 Å². The Morgan fingerprint density at radius 1 is 1.19 bits per heavy atom. The molecule has 0 aliphatic heterocycles. The molecule has 0 aromatic heterocycles. The lowest BCUT2D eigenvalue weighted by atomic mass is 9.91. The number of nitrogens with two attached hydrogens (primary N) is 1. The first-order valence-electron chi connectivity index (χ1n) is 5.99. The van der Waals surface area contributed by atoms with Gasteiger partial charge in [0.25, 0.3) is 0 Å². The van der Waals surface area contributed by atoms with Crippen molar-refractivity contribution < 1.29 is 0 Å². The first-order valence-corrected chi connectivity index (χ1v) is 6.78. The predicted octanol–water partition coefficient (Wildman–Crippen LogP) is 2.81. The van der Waals surface area contributed by atoms with Crippen LogP contribution < -0.4 is 11.1 Å². The lowest BCUT2D eigenvalue weighted by Gasteiger charge is -2.29. The SMILES string of the molecule is NC1CCCCC1NCc1ccc(Br)cc1. The summed E-state index contributed by atoms with van der Waals surface area (Å²) in [7, 11) is 0. The van der Waals surface area contributed by atoms with Crippen molar-refractivity contribution in [1.29, 1.82) is 0 Å². The zero-order valence-electron chi connectivity index (χ0n) is 9.45. The maximum atomic E-state index is 6.10. The van der Waals surface area contributed by atoms with E-state index in [1.165, 1.54) is 24.8 Å². The molecule has 1 aromatic rings. The van der Waals surface area contributed by atoms with Crippen molar-refractivity contribution in [1.82, 2.24) is 5.32 Å². The number of benzene rings is 1. The second-order valence-corrected chi connectivity index (χ2v) is 5.48. The number of hydrogen-bond acceptors (Lipinski definition) is 2. The summed E-state index contributed by atoms with van der Waals surface area (Å²) in [4.78, 5) is 0. The van der Waals surface area contributed by atoms with Crippen molar-refractivity contribution in [2.24, 2.45) is 5.73 Å². The molecule has 88 valence electrons. The van der Waals surface area contributed by atoms with E-state index in [2.05, 4.69) is 45.5 Å². The lowest BCUT2D eigenvalue weighted by Crippen LogP contribution is -2.46. The van der Waals surface area contributed by atoms with Crippen LogP contribution in [0, 0.1) is 0 Å². The van der Waals surface area contributed by atoms with E-state index >= 15 is 0 Å². The molecule has 1 aliphatic carbocycles. The van der Waals surface area contributed by atoms with Gasteiger partial charge in [-0.2, -0.15) is 0 Å². The lowest BCUT2D eigenvalue weighted by molar-refractivity contribution is 0.326. The Morgan fingerprint density at radius 3 is 2.56 bits per heavy atom. The molecule has 1 fully saturated rings. The van der Waals surface area contributed by atoms with E-state index in [1.54, 1.807) is 0 Å². The predicted molar refractivity (Wildman–Crippen MR) is 71.2 cm³/mol. The van der Waals surface area contributed by atoms with Crippen LogP contribution in [-0.2, 0) is 6.54 Å². The summed E-state index contributed by atoms with van der Waals surface area (Å²) >= 11 is 3.44. The Hall–Kier alpha value is -0.380. The largest absolute Gasteiger partial charge is 0.326 e. The molecule has 2 unspecified atom stereocenters. The Kier molecular flexibility index (Phi) is 4.38. The van der Waals surface area contributed by atoms with E-state index in [4.69, 9.17) is 5.73 Å². The van der Waals surface area contributed by atoms with E-state index in [1.807, 2.05) is 0 Å². The van der Waals surface area contributed by atoms with Crippen LogP contribution in [0.25, 0.3) is 0 Å². The Balaban J connectivity index is 1.84. The fourth-order valence-corrected chi connectivity index (χ4v) is 2.53. The molecule has 0 radical (unpaired) electrons. The van der Waals surface area contributed by atoms with E-state index in [0.717, 1.165) is 17.4 Å². The van der Waals surface area contributed by atoms with E-state index in [9.17, 15) is 0 Å². The van der Waals surface area contributed by atoms with Crippen LogP contribution in [0.1, 0.15) is 31.2 Å². The Labute approximate surface area is 106 Å². The zero-order valence-corrected chi connectivity index (χ0v) is 11.0. The standard InChI is InChI=1S/C13H19BrN2/c14-11-7-5-10(6-8-11)9-16-13-4-2-1-3-12(13)15/h5-8,12-13,16H,1-4,9,15H2. The second kappa shape index (κ2) is 5.80. The normalized spacial score (nSPS) is 25.6. The van der Waals surface area contributed by atoms with Crippen LogP contribution in [0.4, 0.5) is 0 Å². The maximum Gasteiger partial charge on any atom is 0.0222 e. The number of halogens is 1. The minimum atomic E-state index is 0.337. The fraction of sp³-hybridized carbons (Fsp3) is 0.538. The van der Waals surface area contributed by atoms with Gasteiger partial charge in [0.2, 0.25) is 0 Å². The number of nitrogens with one attached hydrogen (secondary N) is 1. The second-order valence-electron chi connectivity index (χ2n) is 4.56. The minimum absolute atomic E-state index is 0.337. The summed E-state index contributed by atoms with van der Waals surface area (Å²) in [6.07, 6.45) is 4.99. The monoisotopic (exact) mass is 282 g/mol. The van der Waals surface area contributed by atoms with Crippen molar-refractivity contribution >= 4 is 15.9 Å². The molecule has 0 saturated heterocycles. The van der Waals surface area contributed by atoms with E-state index < -0.39 is 0 Å². The number of hydrogen-bond donors (Lipinski definition) is 2. The zero-order chi connectivity index (χ0) is 11.4. The average Bonchev–Trinajstić information content (AvgIpc) is 2.30. The third-order valence-corrected chi connectivity index (χ3v) is 3.83. The molecule has 0 amide bonds. The summed E-state index contributed by atoms with van der Waals surface area (Å²) < 4.78 is 1.13. The molecule has 2 atom stereocenters. The van der Waals surface area contributed by atoms with Crippen LogP contribution in [-0.4, -0.2) is 12.1 Å². The average molecular weight is 283 g/mol. The third-order valence-electron chi connectivity index (χ3n) is 3.30. The minimum Gasteiger partial charge on any atom is -0.326 e. The number of rotatable bonds is 3. The molecule has 0 heterocycles. The molecule has 3 heteroatoms. The highest BCUT2D eigenvalue weighted by Crippen LogP contribution is 2.17. The van der Waals surface area contributed by atoms with Gasteiger partial charge in [-0.15, -0.1) is 0 Å². The summed E-state index contributed by atoms with van der Waals surface area (Å²) in [5.74, 6) is 0. The fourth-order valence-electron chi connectivity index (χ4n) is 2.26. The Morgan fingerprint density at radius 2 is 1.88 bits per heavy atom. The van der Waals surface area contributed by atoms with Crippen molar-refractivity contribution in [3.63, 3.8) is 0 Å². The molecular weight excluding hydrogens is 264 g/mol. The highest BCUT2D eigenvalue weighted by atomic mass is 79.9. The molecule has 1 aromatic carbocycles. The van der Waals surface area contributed by atoms with Crippen LogP contribution in [0.15, 0.2) is 28.7 Å². The summed E-state index contributed by atoms with van der Waals surface area (Å²) in [6.45, 7) is 0.922. The van der Waals surface area contributed by atoms with Gasteiger partial charge in [-0.1, -0.05) is 40.9 Å². The van der Waals surface area contributed by atoms with Crippen LogP contribution in [0.2, 0.25) is 0 Å². The highest BCUT2D eigenvalue weighted by Gasteiger charge is 2.20. The van der Waals surface area contributed by atoms with Gasteiger partial charge in [0.15, 0.2) is 0 Å². The first-order chi connectivity index (χ1) is 7.75. The quantitative estimate of drug-likeness (QED) is 0.895. The van der Waals surface area contributed by atoms with Gasteiger partial charge in [0, 0.05) is 23.1 Å². The van der Waals surface area contributed by atoms with Crippen LogP contribution >= 0.6 is 15.9 Å². The molecule has 16 heavy (non-hydrogen) atoms. The summed E-state index contributed by atoms with van der Waals surface area (Å²) in [6, 6.07) is 9.29. The molecule has 2 rings (SSSR count). The third kappa shape index (κ3) is 3.30. The molecule has 3 N–H and O–H groups in total. The van der Waals surface area contributed by atoms with Gasteiger partial charge in [0.05, 0.1) is 0 Å². The Bertz CT molecular complexity index is 323. The molecule has 1 aliphatic rings. The van der Waals surface area contributed by atoms with Crippen molar-refractivity contribution in [3.05, 3.63) is 34.3 Å². The van der Waals surface area contributed by atoms with Gasteiger partial charge in [-0.05, 0) is 30.5 Å². The van der Waals surface area contributed by atoms with Gasteiger partial charge in [0.1, 0.15) is 0 Å². The van der Waals surface area contributed by atoms with Crippen molar-refractivity contribution in [2.45, 2.75) is 44.3 Å². The molecular formula is C13H19BrN2. The highest BCUT2D eigenvalue weighted by molar-refractivity contribution is 9.10. The maximum absolute atomic E-state index is 6.10. The topological polar surface area (TPSA) is 38.0 Å². The van der Waals surface area contributed by atoms with Gasteiger partial charge in [-0.25, -0.2) is 0 Å².